The molecule has 40 heavy (non-hydrogen) atoms. The molecule has 1 saturated heterocycles. The van der Waals surface area contributed by atoms with Gasteiger partial charge in [-0.15, -0.1) is 6.10 Å². The fraction of sp³-hybridized carbons (Fsp3) is 0.621. The number of ketones is 1. The lowest BCUT2D eigenvalue weighted by Crippen LogP contribution is -2.59. The summed E-state index contributed by atoms with van der Waals surface area (Å²) in [6, 6.07) is 4.22. The largest absolute Gasteiger partial charge is 0.852 e. The lowest BCUT2D eigenvalue weighted by Gasteiger charge is -2.35. The Morgan fingerprint density at radius 3 is 2.45 bits per heavy atom. The van der Waals surface area contributed by atoms with Crippen molar-refractivity contribution >= 4 is 29.4 Å². The first kappa shape index (κ1) is 32.7. The Morgan fingerprint density at radius 2 is 1.85 bits per heavy atom. The Bertz CT molecular complexity index is 1070. The number of amides is 4. The number of nitrogens with zero attached hydrogens (tertiary/aromatic N) is 1. The van der Waals surface area contributed by atoms with Crippen molar-refractivity contribution in [3.05, 3.63) is 29.8 Å². The molecule has 0 aromatic heterocycles. The van der Waals surface area contributed by atoms with Gasteiger partial charge in [0.15, 0.2) is 0 Å². The molecule has 11 heteroatoms. The summed E-state index contributed by atoms with van der Waals surface area (Å²) in [5, 5.41) is 16.7. The summed E-state index contributed by atoms with van der Waals surface area (Å²) in [5.41, 5.74) is 5.16. The number of carbonyl (C=O) groups excluding carboxylic acids is 5. The molecule has 1 unspecified atom stereocenters. The van der Waals surface area contributed by atoms with Gasteiger partial charge in [-0.3, -0.25) is 24.0 Å². The van der Waals surface area contributed by atoms with Crippen molar-refractivity contribution in [2.45, 2.75) is 97.4 Å². The first-order valence-electron chi connectivity index (χ1n) is 13.9. The highest BCUT2D eigenvalue weighted by molar-refractivity contribution is 6.37. The topological polar surface area (TPSA) is 171 Å². The molecule has 1 heterocycles. The summed E-state index contributed by atoms with van der Waals surface area (Å²) in [4.78, 5) is 64.9. The van der Waals surface area contributed by atoms with Gasteiger partial charge in [-0.1, -0.05) is 53.2 Å². The Hall–Kier alpha value is -3.47. The minimum absolute atomic E-state index is 0.00681. The van der Waals surface area contributed by atoms with Crippen molar-refractivity contribution < 1.29 is 33.8 Å². The van der Waals surface area contributed by atoms with E-state index in [-0.39, 0.29) is 25.4 Å². The van der Waals surface area contributed by atoms with Crippen molar-refractivity contribution in [2.75, 3.05) is 13.2 Å². The van der Waals surface area contributed by atoms with Gasteiger partial charge in [-0.2, -0.15) is 0 Å². The fourth-order valence-corrected chi connectivity index (χ4v) is 4.60. The predicted octanol–water partition coefficient (Wildman–Crippen LogP) is 0.608. The Labute approximate surface area is 236 Å². The number of carbonyl (C=O) groups is 5. The SMILES string of the molecule is CCCC(NC(=O)[C@@H]1CCCN1C(=O)[C@@H](NC(=O)Cc1cccc(OCC[C@@H](C)[O-])c1)C(C)(C)C)C(=O)C(N)=O. The summed E-state index contributed by atoms with van der Waals surface area (Å²) in [5.74, 6) is -2.73. The first-order valence-corrected chi connectivity index (χ1v) is 13.9. The molecule has 11 nitrogen and oxygen atoms in total. The van der Waals surface area contributed by atoms with E-state index in [1.807, 2.05) is 27.7 Å². The van der Waals surface area contributed by atoms with Gasteiger partial charge in [0.25, 0.3) is 5.91 Å². The highest BCUT2D eigenvalue weighted by atomic mass is 16.5. The Morgan fingerprint density at radius 1 is 1.15 bits per heavy atom. The van der Waals surface area contributed by atoms with Crippen molar-refractivity contribution in [3.8, 4) is 5.75 Å². The minimum atomic E-state index is -1.12. The number of likely N-dealkylation sites (tertiary alicyclic amines) is 1. The summed E-state index contributed by atoms with van der Waals surface area (Å²) >= 11 is 0. The predicted molar refractivity (Wildman–Crippen MR) is 147 cm³/mol. The van der Waals surface area contributed by atoms with Gasteiger partial charge in [0.2, 0.25) is 23.5 Å². The van der Waals surface area contributed by atoms with Crippen LogP contribution in [0.1, 0.15) is 72.3 Å². The molecule has 0 aliphatic carbocycles. The van der Waals surface area contributed by atoms with Gasteiger partial charge in [-0.25, -0.2) is 0 Å². The summed E-state index contributed by atoms with van der Waals surface area (Å²) in [6.07, 6.45) is 1.42. The molecule has 2 rings (SSSR count). The van der Waals surface area contributed by atoms with Gasteiger partial charge < -0.3 is 31.1 Å². The molecule has 222 valence electrons. The number of nitrogens with two attached hydrogens (primary N) is 1. The molecule has 1 fully saturated rings. The van der Waals surface area contributed by atoms with Crippen molar-refractivity contribution in [1.29, 1.82) is 0 Å². The molecule has 1 aromatic carbocycles. The quantitative estimate of drug-likeness (QED) is 0.280. The lowest BCUT2D eigenvalue weighted by molar-refractivity contribution is -0.415. The van der Waals surface area contributed by atoms with E-state index in [0.29, 0.717) is 43.5 Å². The monoisotopic (exact) mass is 559 g/mol. The van der Waals surface area contributed by atoms with Crippen LogP contribution in [0.15, 0.2) is 24.3 Å². The normalized spacial score (nSPS) is 17.4. The van der Waals surface area contributed by atoms with E-state index >= 15 is 0 Å². The van der Waals surface area contributed by atoms with Gasteiger partial charge >= 0.3 is 0 Å². The van der Waals surface area contributed by atoms with Crippen LogP contribution in [-0.4, -0.2) is 71.7 Å². The van der Waals surface area contributed by atoms with Gasteiger partial charge in [0.05, 0.1) is 19.1 Å². The molecular formula is C29H43N4O7-. The van der Waals surface area contributed by atoms with Crippen molar-refractivity contribution in [2.24, 2.45) is 11.1 Å². The number of ether oxygens (including phenoxy) is 1. The zero-order valence-corrected chi connectivity index (χ0v) is 24.2. The van der Waals surface area contributed by atoms with E-state index in [2.05, 4.69) is 10.6 Å². The molecule has 0 saturated carbocycles. The van der Waals surface area contributed by atoms with Gasteiger partial charge in [0.1, 0.15) is 17.8 Å². The second-order valence-electron chi connectivity index (χ2n) is 11.4. The van der Waals surface area contributed by atoms with Crippen LogP contribution >= 0.6 is 0 Å². The number of hydrogen-bond donors (Lipinski definition) is 3. The Kier molecular flexibility index (Phi) is 12.1. The van der Waals surface area contributed by atoms with E-state index < -0.39 is 53.1 Å². The van der Waals surface area contributed by atoms with Crippen LogP contribution in [0.2, 0.25) is 0 Å². The fourth-order valence-electron chi connectivity index (χ4n) is 4.60. The van der Waals surface area contributed by atoms with Crippen LogP contribution in [0.25, 0.3) is 0 Å². The van der Waals surface area contributed by atoms with Crippen LogP contribution < -0.4 is 26.2 Å². The summed E-state index contributed by atoms with van der Waals surface area (Å²) < 4.78 is 5.61. The van der Waals surface area contributed by atoms with Crippen LogP contribution in [-0.2, 0) is 30.4 Å². The summed E-state index contributed by atoms with van der Waals surface area (Å²) in [7, 11) is 0. The Balaban J connectivity index is 2.12. The molecule has 4 atom stereocenters. The molecule has 0 bridgehead atoms. The van der Waals surface area contributed by atoms with E-state index in [0.717, 1.165) is 0 Å². The highest BCUT2D eigenvalue weighted by Gasteiger charge is 2.42. The molecule has 4 N–H and O–H groups in total. The van der Waals surface area contributed by atoms with Crippen LogP contribution in [0.5, 0.6) is 5.75 Å². The zero-order chi connectivity index (χ0) is 30.0. The number of primary amides is 1. The lowest BCUT2D eigenvalue weighted by atomic mass is 9.85. The maximum absolute atomic E-state index is 13.7. The number of Topliss-reactive ketones (excluding diaryl/α,β-unsaturated/α-hetero) is 1. The first-order chi connectivity index (χ1) is 18.7. The van der Waals surface area contributed by atoms with Crippen LogP contribution in [0.3, 0.4) is 0 Å². The highest BCUT2D eigenvalue weighted by Crippen LogP contribution is 2.26. The number of hydrogen-bond acceptors (Lipinski definition) is 7. The summed E-state index contributed by atoms with van der Waals surface area (Å²) in [6.45, 7) is 9.47. The molecule has 1 aliphatic rings. The molecular weight excluding hydrogens is 516 g/mol. The maximum atomic E-state index is 13.7. The third kappa shape index (κ3) is 9.62. The smallest absolute Gasteiger partial charge is 0.287 e. The molecule has 1 aliphatic heterocycles. The van der Waals surface area contributed by atoms with Gasteiger partial charge in [0, 0.05) is 6.54 Å². The zero-order valence-electron chi connectivity index (χ0n) is 24.2. The molecule has 0 radical (unpaired) electrons. The average Bonchev–Trinajstić information content (AvgIpc) is 3.36. The molecule has 0 spiro atoms. The van der Waals surface area contributed by atoms with E-state index in [4.69, 9.17) is 10.5 Å². The molecule has 1 aromatic rings. The number of nitrogens with one attached hydrogen (secondary N) is 2. The molecule has 4 amide bonds. The third-order valence-corrected chi connectivity index (χ3v) is 6.77. The van der Waals surface area contributed by atoms with Crippen LogP contribution in [0, 0.1) is 5.41 Å². The van der Waals surface area contributed by atoms with Crippen molar-refractivity contribution in [3.63, 3.8) is 0 Å². The standard InChI is InChI=1S/C29H43N4O7/c1-6-9-21(24(36)26(30)37)31-27(38)22-12-8-14-33(22)28(39)25(29(3,4)5)32-23(35)17-19-10-7-11-20(16-19)40-15-13-18(2)34/h7,10-11,16,18,21-22,25H,6,8-9,12-15,17H2,1-5H3,(H2,30,37)(H,31,38)(H,32,35)/q-1/t18-,21?,22+,25-/m1/s1. The van der Waals surface area contributed by atoms with E-state index in [9.17, 15) is 29.1 Å². The maximum Gasteiger partial charge on any atom is 0.287 e. The number of benzene rings is 1. The third-order valence-electron chi connectivity index (χ3n) is 6.77. The second kappa shape index (κ2) is 14.8. The van der Waals surface area contributed by atoms with Crippen LogP contribution in [0.4, 0.5) is 0 Å². The van der Waals surface area contributed by atoms with E-state index in [1.54, 1.807) is 31.2 Å². The number of rotatable bonds is 14. The van der Waals surface area contributed by atoms with E-state index in [1.165, 1.54) is 4.90 Å². The van der Waals surface area contributed by atoms with Gasteiger partial charge in [-0.05, 0) is 48.8 Å². The average molecular weight is 560 g/mol. The second-order valence-corrected chi connectivity index (χ2v) is 11.4. The minimum Gasteiger partial charge on any atom is -0.852 e. The van der Waals surface area contributed by atoms with Crippen molar-refractivity contribution in [1.82, 2.24) is 15.5 Å².